The highest BCUT2D eigenvalue weighted by Gasteiger charge is 2.26. The number of hydrogen-bond donors (Lipinski definition) is 1. The monoisotopic (exact) mass is 406 g/mol. The van der Waals surface area contributed by atoms with E-state index in [0.29, 0.717) is 0 Å². The van der Waals surface area contributed by atoms with E-state index < -0.39 is 0 Å². The molecular formula is C23H26N4OS. The molecule has 1 aromatic heterocycles. The highest BCUT2D eigenvalue weighted by Crippen LogP contribution is 2.26. The van der Waals surface area contributed by atoms with Gasteiger partial charge in [-0.3, -0.25) is 4.79 Å². The van der Waals surface area contributed by atoms with Gasteiger partial charge in [0.2, 0.25) is 11.0 Å². The average molecular weight is 407 g/mol. The first-order chi connectivity index (χ1) is 14.1. The molecule has 1 saturated heterocycles. The lowest BCUT2D eigenvalue weighted by Crippen LogP contribution is -2.38. The molecule has 4 rings (SSSR count). The minimum Gasteiger partial charge on any atom is -0.347 e. The van der Waals surface area contributed by atoms with Crippen LogP contribution in [-0.4, -0.2) is 28.4 Å². The molecule has 0 aliphatic carbocycles. The Labute approximate surface area is 176 Å². The third-order valence-electron chi connectivity index (χ3n) is 5.57. The molecule has 1 amide bonds. The van der Waals surface area contributed by atoms with Crippen LogP contribution >= 0.6 is 11.5 Å². The van der Waals surface area contributed by atoms with Crippen LogP contribution in [0.1, 0.15) is 35.4 Å². The summed E-state index contributed by atoms with van der Waals surface area (Å²) in [5, 5.41) is 4.04. The Kier molecular flexibility index (Phi) is 5.90. The van der Waals surface area contributed by atoms with Crippen LogP contribution in [0.15, 0.2) is 48.5 Å². The van der Waals surface area contributed by atoms with Crippen molar-refractivity contribution in [3.8, 4) is 0 Å². The number of aromatic nitrogens is 2. The molecule has 29 heavy (non-hydrogen) atoms. The van der Waals surface area contributed by atoms with Crippen LogP contribution in [0, 0.1) is 19.8 Å². The van der Waals surface area contributed by atoms with Crippen molar-refractivity contribution in [3.05, 3.63) is 71.0 Å². The van der Waals surface area contributed by atoms with Crippen molar-refractivity contribution in [3.63, 3.8) is 0 Å². The van der Waals surface area contributed by atoms with Crippen LogP contribution in [-0.2, 0) is 11.2 Å². The summed E-state index contributed by atoms with van der Waals surface area (Å²) < 4.78 is 4.52. The van der Waals surface area contributed by atoms with Crippen molar-refractivity contribution in [2.24, 2.45) is 5.92 Å². The largest absolute Gasteiger partial charge is 0.347 e. The first kappa shape index (κ1) is 19.6. The standard InChI is InChI=1S/C23H26N4OS/c1-16-8-9-20(14-17(16)2)24-22(28)19-10-12-27(13-11-19)23-25-21(26-29-23)15-18-6-4-3-5-7-18/h3-9,14,19H,10-13,15H2,1-2H3,(H,24,28). The van der Waals surface area contributed by atoms with Crippen molar-refractivity contribution in [1.82, 2.24) is 9.36 Å². The average Bonchev–Trinajstić information content (AvgIpc) is 3.20. The van der Waals surface area contributed by atoms with Crippen molar-refractivity contribution >= 4 is 28.3 Å². The minimum absolute atomic E-state index is 0.0459. The molecule has 0 radical (unpaired) electrons. The van der Waals surface area contributed by atoms with Gasteiger partial charge in [-0.2, -0.15) is 4.37 Å². The fourth-order valence-electron chi connectivity index (χ4n) is 3.62. The van der Waals surface area contributed by atoms with Gasteiger partial charge in [0.25, 0.3) is 0 Å². The number of nitrogens with one attached hydrogen (secondary N) is 1. The van der Waals surface area contributed by atoms with Crippen LogP contribution in [0.3, 0.4) is 0 Å². The summed E-state index contributed by atoms with van der Waals surface area (Å²) in [6.45, 7) is 5.82. The zero-order valence-electron chi connectivity index (χ0n) is 16.9. The van der Waals surface area contributed by atoms with E-state index in [4.69, 9.17) is 4.98 Å². The predicted octanol–water partition coefficient (Wildman–Crippen LogP) is 4.60. The fraction of sp³-hybridized carbons (Fsp3) is 0.348. The molecule has 0 atom stereocenters. The number of carbonyl (C=O) groups is 1. The van der Waals surface area contributed by atoms with E-state index in [2.05, 4.69) is 46.6 Å². The summed E-state index contributed by atoms with van der Waals surface area (Å²) >= 11 is 1.45. The zero-order valence-corrected chi connectivity index (χ0v) is 17.7. The van der Waals surface area contributed by atoms with Crippen molar-refractivity contribution < 1.29 is 4.79 Å². The predicted molar refractivity (Wildman–Crippen MR) is 119 cm³/mol. The maximum Gasteiger partial charge on any atom is 0.227 e. The number of rotatable bonds is 5. The topological polar surface area (TPSA) is 58.1 Å². The Morgan fingerprint density at radius 2 is 1.86 bits per heavy atom. The van der Waals surface area contributed by atoms with E-state index in [-0.39, 0.29) is 11.8 Å². The summed E-state index contributed by atoms with van der Waals surface area (Å²) in [6.07, 6.45) is 2.43. The molecule has 0 spiro atoms. The molecule has 1 aliphatic rings. The summed E-state index contributed by atoms with van der Waals surface area (Å²) in [5.41, 5.74) is 4.54. The van der Waals surface area contributed by atoms with E-state index in [0.717, 1.165) is 49.0 Å². The molecule has 0 saturated carbocycles. The molecule has 1 fully saturated rings. The number of nitrogens with zero attached hydrogens (tertiary/aromatic N) is 3. The molecule has 2 heterocycles. The SMILES string of the molecule is Cc1ccc(NC(=O)C2CCN(c3nc(Cc4ccccc4)ns3)CC2)cc1C. The molecule has 6 heteroatoms. The second kappa shape index (κ2) is 8.74. The molecular weight excluding hydrogens is 380 g/mol. The number of aryl methyl sites for hydroxylation is 2. The summed E-state index contributed by atoms with van der Waals surface area (Å²) in [7, 11) is 0. The first-order valence-electron chi connectivity index (χ1n) is 10.1. The molecule has 2 aromatic carbocycles. The van der Waals surface area contributed by atoms with Crippen LogP contribution in [0.4, 0.5) is 10.8 Å². The lowest BCUT2D eigenvalue weighted by Gasteiger charge is -2.30. The Balaban J connectivity index is 1.31. The second-order valence-corrected chi connectivity index (χ2v) is 8.44. The Bertz CT molecular complexity index is 978. The normalized spacial score (nSPS) is 14.8. The number of carbonyl (C=O) groups excluding carboxylic acids is 1. The maximum atomic E-state index is 12.7. The first-order valence-corrected chi connectivity index (χ1v) is 10.9. The number of hydrogen-bond acceptors (Lipinski definition) is 5. The molecule has 0 bridgehead atoms. The van der Waals surface area contributed by atoms with Gasteiger partial charge in [0.1, 0.15) is 5.82 Å². The molecule has 5 nitrogen and oxygen atoms in total. The van der Waals surface area contributed by atoms with Crippen LogP contribution in [0.5, 0.6) is 0 Å². The summed E-state index contributed by atoms with van der Waals surface area (Å²) in [4.78, 5) is 19.6. The van der Waals surface area contributed by atoms with E-state index in [1.165, 1.54) is 28.2 Å². The Morgan fingerprint density at radius 1 is 1.10 bits per heavy atom. The van der Waals surface area contributed by atoms with Gasteiger partial charge in [0, 0.05) is 42.6 Å². The highest BCUT2D eigenvalue weighted by molar-refractivity contribution is 7.09. The lowest BCUT2D eigenvalue weighted by molar-refractivity contribution is -0.120. The van der Waals surface area contributed by atoms with E-state index in [1.807, 2.05) is 30.3 Å². The number of piperidine rings is 1. The summed E-state index contributed by atoms with van der Waals surface area (Å²) in [5.74, 6) is 1.03. The van der Waals surface area contributed by atoms with Gasteiger partial charge in [0.05, 0.1) is 0 Å². The van der Waals surface area contributed by atoms with Crippen molar-refractivity contribution in [2.45, 2.75) is 33.1 Å². The maximum absolute atomic E-state index is 12.7. The summed E-state index contributed by atoms with van der Waals surface area (Å²) in [6, 6.07) is 16.4. The number of benzene rings is 2. The Morgan fingerprint density at radius 3 is 2.59 bits per heavy atom. The third-order valence-corrected chi connectivity index (χ3v) is 6.39. The van der Waals surface area contributed by atoms with E-state index in [9.17, 15) is 4.79 Å². The highest BCUT2D eigenvalue weighted by atomic mass is 32.1. The number of amides is 1. The van der Waals surface area contributed by atoms with Gasteiger partial charge in [-0.15, -0.1) is 0 Å². The quantitative estimate of drug-likeness (QED) is 0.673. The lowest BCUT2D eigenvalue weighted by atomic mass is 9.96. The van der Waals surface area contributed by atoms with Gasteiger partial charge in [0.15, 0.2) is 0 Å². The molecule has 150 valence electrons. The molecule has 0 unspecified atom stereocenters. The molecule has 1 N–H and O–H groups in total. The van der Waals surface area contributed by atoms with Crippen LogP contribution in [0.2, 0.25) is 0 Å². The van der Waals surface area contributed by atoms with Crippen molar-refractivity contribution in [1.29, 1.82) is 0 Å². The smallest absolute Gasteiger partial charge is 0.227 e. The van der Waals surface area contributed by atoms with Crippen molar-refractivity contribution in [2.75, 3.05) is 23.3 Å². The van der Waals surface area contributed by atoms with E-state index in [1.54, 1.807) is 0 Å². The van der Waals surface area contributed by atoms with Gasteiger partial charge in [-0.1, -0.05) is 36.4 Å². The minimum atomic E-state index is 0.0459. The Hall–Kier alpha value is -2.73. The second-order valence-electron chi connectivity index (χ2n) is 7.71. The number of anilines is 2. The zero-order chi connectivity index (χ0) is 20.2. The van der Waals surface area contributed by atoms with Gasteiger partial charge in [-0.05, 0) is 55.5 Å². The third kappa shape index (κ3) is 4.82. The van der Waals surface area contributed by atoms with Crippen LogP contribution < -0.4 is 10.2 Å². The van der Waals surface area contributed by atoms with Gasteiger partial charge < -0.3 is 10.2 Å². The molecule has 1 aliphatic heterocycles. The molecule has 3 aromatic rings. The van der Waals surface area contributed by atoms with Gasteiger partial charge >= 0.3 is 0 Å². The van der Waals surface area contributed by atoms with E-state index >= 15 is 0 Å². The fourth-order valence-corrected chi connectivity index (χ4v) is 4.36. The van der Waals surface area contributed by atoms with Crippen LogP contribution in [0.25, 0.3) is 0 Å². The van der Waals surface area contributed by atoms with Gasteiger partial charge in [-0.25, -0.2) is 4.98 Å².